The van der Waals surface area contributed by atoms with E-state index in [2.05, 4.69) is 0 Å². The fourth-order valence-corrected chi connectivity index (χ4v) is 1.34. The Morgan fingerprint density at radius 3 is 2.50 bits per heavy atom. The maximum absolute atomic E-state index is 11.2. The second kappa shape index (κ2) is 4.05. The van der Waals surface area contributed by atoms with E-state index in [0.717, 1.165) is 5.56 Å². The molecule has 1 rings (SSSR count). The number of hydrogen-bond donors (Lipinski definition) is 1. The van der Waals surface area contributed by atoms with Gasteiger partial charge >= 0.3 is 5.97 Å². The quantitative estimate of drug-likeness (QED) is 0.743. The molecule has 1 aromatic carbocycles. The highest BCUT2D eigenvalue weighted by Gasteiger charge is 2.09. The summed E-state index contributed by atoms with van der Waals surface area (Å²) in [7, 11) is 0. The van der Waals surface area contributed by atoms with Crippen LogP contribution in [0, 0.1) is 6.92 Å². The van der Waals surface area contributed by atoms with Crippen LogP contribution in [0.3, 0.4) is 0 Å². The lowest BCUT2D eigenvalue weighted by atomic mass is 9.99. The van der Waals surface area contributed by atoms with Gasteiger partial charge in [0.15, 0.2) is 5.78 Å². The summed E-state index contributed by atoms with van der Waals surface area (Å²) < 4.78 is 0. The first kappa shape index (κ1) is 10.4. The average molecular weight is 192 g/mol. The van der Waals surface area contributed by atoms with Gasteiger partial charge in [0, 0.05) is 5.56 Å². The average Bonchev–Trinajstić information content (AvgIpc) is 2.07. The molecule has 0 aliphatic rings. The first-order valence-electron chi connectivity index (χ1n) is 4.33. The van der Waals surface area contributed by atoms with E-state index in [4.69, 9.17) is 5.11 Å². The molecule has 0 spiro atoms. The Bertz CT molecular complexity index is 380. The molecule has 0 aliphatic carbocycles. The molecule has 0 unspecified atom stereocenters. The first-order valence-corrected chi connectivity index (χ1v) is 4.33. The second-order valence-corrected chi connectivity index (χ2v) is 3.29. The van der Waals surface area contributed by atoms with E-state index in [-0.39, 0.29) is 12.2 Å². The molecule has 0 bridgehead atoms. The van der Waals surface area contributed by atoms with Crippen molar-refractivity contribution in [1.82, 2.24) is 0 Å². The number of carboxylic acids is 1. The van der Waals surface area contributed by atoms with Crippen molar-refractivity contribution >= 4 is 11.8 Å². The number of rotatable bonds is 3. The van der Waals surface area contributed by atoms with Crippen LogP contribution in [-0.2, 0) is 11.2 Å². The van der Waals surface area contributed by atoms with Crippen LogP contribution in [0.15, 0.2) is 18.2 Å². The number of carbonyl (C=O) groups is 2. The zero-order valence-electron chi connectivity index (χ0n) is 8.20. The lowest BCUT2D eigenvalue weighted by Gasteiger charge is -2.05. The van der Waals surface area contributed by atoms with E-state index in [1.54, 1.807) is 12.1 Å². The number of aryl methyl sites for hydroxylation is 1. The molecule has 1 aromatic rings. The van der Waals surface area contributed by atoms with Gasteiger partial charge in [0.05, 0.1) is 6.42 Å². The summed E-state index contributed by atoms with van der Waals surface area (Å²) in [6.07, 6.45) is -0.102. The molecule has 0 saturated heterocycles. The minimum atomic E-state index is -0.920. The van der Waals surface area contributed by atoms with Crippen molar-refractivity contribution in [3.63, 3.8) is 0 Å². The molecule has 0 heterocycles. The zero-order valence-corrected chi connectivity index (χ0v) is 8.20. The van der Waals surface area contributed by atoms with E-state index in [1.807, 2.05) is 13.0 Å². The molecular formula is C11H12O3. The Morgan fingerprint density at radius 1 is 1.36 bits per heavy atom. The monoisotopic (exact) mass is 192 g/mol. The van der Waals surface area contributed by atoms with Gasteiger partial charge < -0.3 is 5.11 Å². The predicted octanol–water partition coefficient (Wildman–Crippen LogP) is 1.82. The molecule has 3 heteroatoms. The molecule has 0 fully saturated rings. The van der Waals surface area contributed by atoms with Crippen LogP contribution in [-0.4, -0.2) is 16.9 Å². The van der Waals surface area contributed by atoms with Crippen molar-refractivity contribution in [2.24, 2.45) is 0 Å². The lowest BCUT2D eigenvalue weighted by molar-refractivity contribution is -0.136. The Kier molecular flexibility index (Phi) is 3.02. The lowest BCUT2D eigenvalue weighted by Crippen LogP contribution is -2.06. The number of carboxylic acid groups (broad SMARTS) is 1. The summed E-state index contributed by atoms with van der Waals surface area (Å²) in [5.74, 6) is -1.01. The first-order chi connectivity index (χ1) is 6.50. The summed E-state index contributed by atoms with van der Waals surface area (Å²) in [5.41, 5.74) is 2.05. The number of benzene rings is 1. The van der Waals surface area contributed by atoms with Crippen LogP contribution in [0.5, 0.6) is 0 Å². The number of carbonyl (C=O) groups excluding carboxylic acids is 1. The van der Waals surface area contributed by atoms with Crippen molar-refractivity contribution in [3.05, 3.63) is 34.9 Å². The van der Waals surface area contributed by atoms with E-state index >= 15 is 0 Å². The molecule has 0 saturated carbocycles. The van der Waals surface area contributed by atoms with Gasteiger partial charge in [-0.15, -0.1) is 0 Å². The van der Waals surface area contributed by atoms with Crippen LogP contribution >= 0.6 is 0 Å². The fraction of sp³-hybridized carbons (Fsp3) is 0.273. The van der Waals surface area contributed by atoms with Crippen LogP contribution in [0.4, 0.5) is 0 Å². The summed E-state index contributed by atoms with van der Waals surface area (Å²) in [6.45, 7) is 3.32. The normalized spacial score (nSPS) is 9.86. The molecule has 0 radical (unpaired) electrons. The molecule has 0 aliphatic heterocycles. The van der Waals surface area contributed by atoms with E-state index in [9.17, 15) is 9.59 Å². The minimum Gasteiger partial charge on any atom is -0.481 e. The molecule has 0 aromatic heterocycles. The van der Waals surface area contributed by atoms with Crippen molar-refractivity contribution in [3.8, 4) is 0 Å². The summed E-state index contributed by atoms with van der Waals surface area (Å²) in [4.78, 5) is 21.7. The summed E-state index contributed by atoms with van der Waals surface area (Å²) in [5, 5.41) is 8.63. The molecular weight excluding hydrogens is 180 g/mol. The Morgan fingerprint density at radius 2 is 2.00 bits per heavy atom. The minimum absolute atomic E-state index is 0.0926. The number of aliphatic carboxylic acids is 1. The van der Waals surface area contributed by atoms with Gasteiger partial charge in [-0.05, 0) is 25.5 Å². The second-order valence-electron chi connectivity index (χ2n) is 3.29. The van der Waals surface area contributed by atoms with Gasteiger partial charge in [-0.2, -0.15) is 0 Å². The van der Waals surface area contributed by atoms with Gasteiger partial charge in [-0.25, -0.2) is 0 Å². The van der Waals surface area contributed by atoms with Gasteiger partial charge in [0.2, 0.25) is 0 Å². The summed E-state index contributed by atoms with van der Waals surface area (Å²) in [6, 6.07) is 5.23. The van der Waals surface area contributed by atoms with E-state index in [0.29, 0.717) is 11.1 Å². The largest absolute Gasteiger partial charge is 0.481 e. The third kappa shape index (κ3) is 2.42. The Hall–Kier alpha value is -1.64. The van der Waals surface area contributed by atoms with E-state index in [1.165, 1.54) is 6.92 Å². The van der Waals surface area contributed by atoms with Crippen LogP contribution in [0.1, 0.15) is 28.4 Å². The smallest absolute Gasteiger partial charge is 0.307 e. The Labute approximate surface area is 82.4 Å². The van der Waals surface area contributed by atoms with Gasteiger partial charge in [-0.1, -0.05) is 17.7 Å². The highest BCUT2D eigenvalue weighted by atomic mass is 16.4. The molecule has 0 amide bonds. The number of Topliss-reactive ketones (excluding diaryl/α,β-unsaturated/α-hetero) is 1. The van der Waals surface area contributed by atoms with Crippen molar-refractivity contribution in [2.45, 2.75) is 20.3 Å². The maximum Gasteiger partial charge on any atom is 0.307 e. The molecule has 0 atom stereocenters. The topological polar surface area (TPSA) is 54.4 Å². The van der Waals surface area contributed by atoms with Crippen molar-refractivity contribution in [1.29, 1.82) is 0 Å². The molecule has 1 N–H and O–H groups in total. The zero-order chi connectivity index (χ0) is 10.7. The fourth-order valence-electron chi connectivity index (χ4n) is 1.34. The SMILES string of the molecule is CC(=O)c1cc(C)ccc1CC(=O)O. The highest BCUT2D eigenvalue weighted by molar-refractivity contribution is 5.96. The van der Waals surface area contributed by atoms with Crippen LogP contribution < -0.4 is 0 Å². The third-order valence-corrected chi connectivity index (χ3v) is 1.99. The maximum atomic E-state index is 11.2. The van der Waals surface area contributed by atoms with E-state index < -0.39 is 5.97 Å². The van der Waals surface area contributed by atoms with Gasteiger partial charge in [0.1, 0.15) is 0 Å². The van der Waals surface area contributed by atoms with Gasteiger partial charge in [-0.3, -0.25) is 9.59 Å². The molecule has 74 valence electrons. The molecule has 3 nitrogen and oxygen atoms in total. The predicted molar refractivity (Wildman–Crippen MR) is 52.5 cm³/mol. The third-order valence-electron chi connectivity index (χ3n) is 1.99. The number of ketones is 1. The van der Waals surface area contributed by atoms with Crippen molar-refractivity contribution in [2.75, 3.05) is 0 Å². The highest BCUT2D eigenvalue weighted by Crippen LogP contribution is 2.13. The Balaban J connectivity index is 3.14. The van der Waals surface area contributed by atoms with Crippen LogP contribution in [0.2, 0.25) is 0 Å². The van der Waals surface area contributed by atoms with Gasteiger partial charge in [0.25, 0.3) is 0 Å². The number of hydrogen-bond acceptors (Lipinski definition) is 2. The molecule has 14 heavy (non-hydrogen) atoms. The summed E-state index contributed by atoms with van der Waals surface area (Å²) >= 11 is 0. The van der Waals surface area contributed by atoms with Crippen LogP contribution in [0.25, 0.3) is 0 Å². The van der Waals surface area contributed by atoms with Crippen molar-refractivity contribution < 1.29 is 14.7 Å². The standard InChI is InChI=1S/C11H12O3/c1-7-3-4-9(6-11(13)14)10(5-7)8(2)12/h3-5H,6H2,1-2H3,(H,13,14).